The maximum Gasteiger partial charge on any atom is 0.378 e. The van der Waals surface area contributed by atoms with E-state index in [1.165, 1.54) is 12.8 Å². The first-order valence-electron chi connectivity index (χ1n) is 7.19. The van der Waals surface area contributed by atoms with Crippen molar-refractivity contribution in [3.63, 3.8) is 0 Å². The first-order chi connectivity index (χ1) is 9.79. The van der Waals surface area contributed by atoms with Crippen molar-refractivity contribution in [2.24, 2.45) is 0 Å². The average molecular weight is 274 g/mol. The van der Waals surface area contributed by atoms with Gasteiger partial charge in [0.05, 0.1) is 0 Å². The maximum absolute atomic E-state index is 11.8. The highest BCUT2D eigenvalue weighted by atomic mass is 16.6. The molecule has 1 unspecified atom stereocenters. The van der Waals surface area contributed by atoms with Crippen molar-refractivity contribution in [1.82, 2.24) is 0 Å². The summed E-state index contributed by atoms with van der Waals surface area (Å²) in [6, 6.07) is 7.33. The van der Waals surface area contributed by atoms with Crippen LogP contribution in [-0.4, -0.2) is 12.1 Å². The molecule has 0 spiro atoms. The first-order valence-corrected chi connectivity index (χ1v) is 7.19. The number of cyclic esters (lactones) is 1. The van der Waals surface area contributed by atoms with E-state index < -0.39 is 5.97 Å². The molecule has 0 N–H and O–H groups in total. The third-order valence-corrected chi connectivity index (χ3v) is 3.55. The van der Waals surface area contributed by atoms with Crippen LogP contribution in [0, 0.1) is 0 Å². The Morgan fingerprint density at radius 2 is 1.80 bits per heavy atom. The zero-order valence-corrected chi connectivity index (χ0v) is 11.6. The molecule has 2 heterocycles. The van der Waals surface area contributed by atoms with Gasteiger partial charge >= 0.3 is 5.97 Å². The second kappa shape index (κ2) is 5.57. The smallest absolute Gasteiger partial charge is 0.378 e. The van der Waals surface area contributed by atoms with E-state index in [1.54, 1.807) is 6.07 Å². The number of ether oxygens (including phenoxy) is 3. The monoisotopic (exact) mass is 274 g/mol. The molecule has 2 aliphatic rings. The van der Waals surface area contributed by atoms with Crippen LogP contribution in [0.1, 0.15) is 39.0 Å². The molecule has 106 valence electrons. The van der Waals surface area contributed by atoms with E-state index in [4.69, 9.17) is 14.2 Å². The Hall–Kier alpha value is -1.97. The van der Waals surface area contributed by atoms with Crippen LogP contribution in [0.5, 0.6) is 11.5 Å². The van der Waals surface area contributed by atoms with E-state index in [2.05, 4.69) is 6.92 Å². The summed E-state index contributed by atoms with van der Waals surface area (Å²) in [5.41, 5.74) is 0. The predicted octanol–water partition coefficient (Wildman–Crippen LogP) is 3.57. The number of para-hydroxylation sites is 2. The Morgan fingerprint density at radius 3 is 2.55 bits per heavy atom. The van der Waals surface area contributed by atoms with Crippen molar-refractivity contribution in [2.45, 2.75) is 45.1 Å². The molecule has 2 aliphatic heterocycles. The zero-order valence-electron chi connectivity index (χ0n) is 11.6. The molecular formula is C16H18O4. The molecule has 0 fully saturated rings. The molecule has 4 heteroatoms. The molecule has 0 amide bonds. The van der Waals surface area contributed by atoms with Gasteiger partial charge in [-0.05, 0) is 25.0 Å². The Labute approximate surface area is 118 Å². The van der Waals surface area contributed by atoms with Gasteiger partial charge in [-0.25, -0.2) is 4.79 Å². The van der Waals surface area contributed by atoms with E-state index in [0.29, 0.717) is 17.3 Å². The highest BCUT2D eigenvalue weighted by Crippen LogP contribution is 2.40. The van der Waals surface area contributed by atoms with Crippen LogP contribution in [0.4, 0.5) is 0 Å². The van der Waals surface area contributed by atoms with Crippen LogP contribution in [0.2, 0.25) is 0 Å². The fourth-order valence-electron chi connectivity index (χ4n) is 2.48. The van der Waals surface area contributed by atoms with Crippen LogP contribution in [0.15, 0.2) is 35.8 Å². The van der Waals surface area contributed by atoms with Crippen LogP contribution < -0.4 is 9.47 Å². The van der Waals surface area contributed by atoms with Crippen molar-refractivity contribution in [2.75, 3.05) is 0 Å². The average Bonchev–Trinajstić information content (AvgIpc) is 2.78. The molecule has 4 nitrogen and oxygen atoms in total. The minimum Gasteiger partial charge on any atom is -0.450 e. The van der Waals surface area contributed by atoms with Crippen LogP contribution in [0.3, 0.4) is 0 Å². The predicted molar refractivity (Wildman–Crippen MR) is 73.4 cm³/mol. The Balaban J connectivity index is 1.71. The first kappa shape index (κ1) is 13.0. The summed E-state index contributed by atoms with van der Waals surface area (Å²) in [6.07, 6.45) is 5.04. The number of benzene rings is 1. The highest BCUT2D eigenvalue weighted by Gasteiger charge is 2.41. The van der Waals surface area contributed by atoms with Crippen molar-refractivity contribution >= 4 is 5.97 Å². The van der Waals surface area contributed by atoms with Gasteiger partial charge in [0.15, 0.2) is 23.4 Å². The molecule has 0 radical (unpaired) electrons. The van der Waals surface area contributed by atoms with E-state index in [0.717, 1.165) is 19.3 Å². The molecule has 1 aromatic rings. The summed E-state index contributed by atoms with van der Waals surface area (Å²) in [5, 5.41) is 0. The fourth-order valence-corrected chi connectivity index (χ4v) is 2.48. The summed E-state index contributed by atoms with van der Waals surface area (Å²) < 4.78 is 16.8. The molecule has 0 bridgehead atoms. The molecule has 0 saturated carbocycles. The Kier molecular flexibility index (Phi) is 3.63. The van der Waals surface area contributed by atoms with Crippen molar-refractivity contribution in [1.29, 1.82) is 0 Å². The highest BCUT2D eigenvalue weighted by molar-refractivity contribution is 5.90. The van der Waals surface area contributed by atoms with Gasteiger partial charge in [-0.1, -0.05) is 38.3 Å². The maximum atomic E-state index is 11.8. The molecule has 0 aromatic heterocycles. The SMILES string of the molecule is CCCCCCC1OC(=O)C2=C1Oc1ccccc1O2. The third kappa shape index (κ3) is 2.38. The van der Waals surface area contributed by atoms with Crippen molar-refractivity contribution in [3.8, 4) is 11.5 Å². The van der Waals surface area contributed by atoms with Gasteiger partial charge < -0.3 is 14.2 Å². The van der Waals surface area contributed by atoms with Gasteiger partial charge in [0.25, 0.3) is 5.76 Å². The van der Waals surface area contributed by atoms with Gasteiger partial charge in [-0.15, -0.1) is 0 Å². The lowest BCUT2D eigenvalue weighted by molar-refractivity contribution is -0.142. The number of rotatable bonds is 5. The third-order valence-electron chi connectivity index (χ3n) is 3.55. The van der Waals surface area contributed by atoms with Gasteiger partial charge in [0.2, 0.25) is 0 Å². The number of hydrogen-bond acceptors (Lipinski definition) is 4. The summed E-state index contributed by atoms with van der Waals surface area (Å²) in [7, 11) is 0. The van der Waals surface area contributed by atoms with Crippen molar-refractivity contribution < 1.29 is 19.0 Å². The quantitative estimate of drug-likeness (QED) is 0.608. The summed E-state index contributed by atoms with van der Waals surface area (Å²) in [6.45, 7) is 2.17. The number of carbonyl (C=O) groups is 1. The number of esters is 1. The van der Waals surface area contributed by atoms with Gasteiger partial charge in [0, 0.05) is 0 Å². The van der Waals surface area contributed by atoms with Crippen LogP contribution >= 0.6 is 0 Å². The summed E-state index contributed by atoms with van der Waals surface area (Å²) >= 11 is 0. The normalized spacial score (nSPS) is 19.9. The fraction of sp³-hybridized carbons (Fsp3) is 0.438. The second-order valence-corrected chi connectivity index (χ2v) is 5.09. The van der Waals surface area contributed by atoms with E-state index in [9.17, 15) is 4.79 Å². The number of fused-ring (bicyclic) bond motifs is 1. The molecule has 3 rings (SSSR count). The number of carbonyl (C=O) groups excluding carboxylic acids is 1. The Morgan fingerprint density at radius 1 is 1.05 bits per heavy atom. The summed E-state index contributed by atoms with van der Waals surface area (Å²) in [5.74, 6) is 1.53. The standard InChI is InChI=1S/C16H18O4/c1-2-3-4-5-10-13-14-15(16(17)20-13)19-12-9-7-6-8-11(12)18-14/h6-9,13H,2-5,10H2,1H3. The van der Waals surface area contributed by atoms with E-state index in [-0.39, 0.29) is 11.9 Å². The topological polar surface area (TPSA) is 44.8 Å². The lowest BCUT2D eigenvalue weighted by Crippen LogP contribution is -2.17. The lowest BCUT2D eigenvalue weighted by atomic mass is 10.1. The van der Waals surface area contributed by atoms with Gasteiger partial charge in [0.1, 0.15) is 0 Å². The molecule has 1 atom stereocenters. The molecular weight excluding hydrogens is 256 g/mol. The van der Waals surface area contributed by atoms with Gasteiger partial charge in [-0.2, -0.15) is 0 Å². The minimum absolute atomic E-state index is 0.212. The lowest BCUT2D eigenvalue weighted by Gasteiger charge is -2.19. The molecule has 1 aromatic carbocycles. The molecule has 0 aliphatic carbocycles. The second-order valence-electron chi connectivity index (χ2n) is 5.09. The van der Waals surface area contributed by atoms with Crippen molar-refractivity contribution in [3.05, 3.63) is 35.8 Å². The molecule has 0 saturated heterocycles. The number of unbranched alkanes of at least 4 members (excludes halogenated alkanes) is 3. The van der Waals surface area contributed by atoms with Gasteiger partial charge in [-0.3, -0.25) is 0 Å². The Bertz CT molecular complexity index is 547. The summed E-state index contributed by atoms with van der Waals surface area (Å²) in [4.78, 5) is 11.8. The van der Waals surface area contributed by atoms with E-state index in [1.807, 2.05) is 18.2 Å². The minimum atomic E-state index is -0.421. The molecule has 20 heavy (non-hydrogen) atoms. The zero-order chi connectivity index (χ0) is 13.9. The largest absolute Gasteiger partial charge is 0.450 e. The van der Waals surface area contributed by atoms with Crippen LogP contribution in [0.25, 0.3) is 0 Å². The number of hydrogen-bond donors (Lipinski definition) is 0. The van der Waals surface area contributed by atoms with Crippen LogP contribution in [-0.2, 0) is 9.53 Å². The van der Waals surface area contributed by atoms with E-state index >= 15 is 0 Å².